The molecular weight excluding hydrogens is 284 g/mol. The van der Waals surface area contributed by atoms with Crippen molar-refractivity contribution in [3.05, 3.63) is 59.9 Å². The lowest BCUT2D eigenvalue weighted by Gasteiger charge is -2.23. The van der Waals surface area contributed by atoms with Gasteiger partial charge < -0.3 is 4.98 Å². The van der Waals surface area contributed by atoms with Crippen LogP contribution in [0.25, 0.3) is 0 Å². The van der Waals surface area contributed by atoms with Gasteiger partial charge in [0.25, 0.3) is 0 Å². The third-order valence-electron chi connectivity index (χ3n) is 4.03. The van der Waals surface area contributed by atoms with E-state index in [1.807, 2.05) is 48.7 Å². The number of aromatic nitrogens is 1. The van der Waals surface area contributed by atoms with Gasteiger partial charge in [0.05, 0.1) is 11.8 Å². The molecule has 1 saturated heterocycles. The van der Waals surface area contributed by atoms with Crippen LogP contribution in [0.3, 0.4) is 0 Å². The van der Waals surface area contributed by atoms with Crippen LogP contribution in [0, 0.1) is 0 Å². The molecule has 112 valence electrons. The van der Waals surface area contributed by atoms with Crippen LogP contribution in [0.5, 0.6) is 0 Å². The van der Waals surface area contributed by atoms with Gasteiger partial charge >= 0.3 is 0 Å². The summed E-state index contributed by atoms with van der Waals surface area (Å²) in [4.78, 5) is 3.15. The fourth-order valence-electron chi connectivity index (χ4n) is 2.94. The molecule has 2 aromatic rings. The SMILES string of the molecule is O=S(=O)(CCc1ccccc1)N1CCCC1c1ccc[nH]1. The van der Waals surface area contributed by atoms with Gasteiger partial charge in [0.2, 0.25) is 10.0 Å². The summed E-state index contributed by atoms with van der Waals surface area (Å²) < 4.78 is 26.9. The van der Waals surface area contributed by atoms with Crippen LogP contribution in [-0.2, 0) is 16.4 Å². The molecule has 5 heteroatoms. The first kappa shape index (κ1) is 14.4. The molecule has 21 heavy (non-hydrogen) atoms. The van der Waals surface area contributed by atoms with Gasteiger partial charge in [0.1, 0.15) is 0 Å². The van der Waals surface area contributed by atoms with Gasteiger partial charge in [0, 0.05) is 18.4 Å². The highest BCUT2D eigenvalue weighted by atomic mass is 32.2. The highest BCUT2D eigenvalue weighted by molar-refractivity contribution is 7.89. The summed E-state index contributed by atoms with van der Waals surface area (Å²) >= 11 is 0. The smallest absolute Gasteiger partial charge is 0.215 e. The van der Waals surface area contributed by atoms with Crippen molar-refractivity contribution in [3.63, 3.8) is 0 Å². The summed E-state index contributed by atoms with van der Waals surface area (Å²) in [5.41, 5.74) is 2.06. The Balaban J connectivity index is 1.72. The van der Waals surface area contributed by atoms with E-state index in [9.17, 15) is 8.42 Å². The number of aryl methyl sites for hydroxylation is 1. The lowest BCUT2D eigenvalue weighted by molar-refractivity contribution is 0.391. The second kappa shape index (κ2) is 6.03. The van der Waals surface area contributed by atoms with Crippen molar-refractivity contribution in [1.82, 2.24) is 9.29 Å². The van der Waals surface area contributed by atoms with Crippen LogP contribution in [0.2, 0.25) is 0 Å². The Morgan fingerprint density at radius 2 is 1.95 bits per heavy atom. The molecule has 1 fully saturated rings. The third-order valence-corrected chi connectivity index (χ3v) is 5.91. The van der Waals surface area contributed by atoms with Crippen LogP contribution in [-0.4, -0.2) is 30.0 Å². The number of hydrogen-bond donors (Lipinski definition) is 1. The van der Waals surface area contributed by atoms with Crippen molar-refractivity contribution < 1.29 is 8.42 Å². The quantitative estimate of drug-likeness (QED) is 0.923. The summed E-state index contributed by atoms with van der Waals surface area (Å²) in [5, 5.41) is 0. The molecule has 0 radical (unpaired) electrons. The van der Waals surface area contributed by atoms with Crippen molar-refractivity contribution >= 4 is 10.0 Å². The van der Waals surface area contributed by atoms with E-state index in [2.05, 4.69) is 4.98 Å². The lowest BCUT2D eigenvalue weighted by Crippen LogP contribution is -2.33. The highest BCUT2D eigenvalue weighted by Gasteiger charge is 2.35. The van der Waals surface area contributed by atoms with E-state index in [-0.39, 0.29) is 11.8 Å². The molecule has 0 spiro atoms. The largest absolute Gasteiger partial charge is 0.364 e. The molecule has 1 aliphatic heterocycles. The maximum atomic E-state index is 12.6. The van der Waals surface area contributed by atoms with Crippen molar-refractivity contribution in [3.8, 4) is 0 Å². The minimum atomic E-state index is -3.22. The zero-order chi connectivity index (χ0) is 14.7. The maximum absolute atomic E-state index is 12.6. The first-order valence-electron chi connectivity index (χ1n) is 7.33. The van der Waals surface area contributed by atoms with Crippen molar-refractivity contribution in [2.24, 2.45) is 0 Å². The molecule has 0 saturated carbocycles. The Bertz CT molecular complexity index is 666. The lowest BCUT2D eigenvalue weighted by atomic mass is 10.2. The van der Waals surface area contributed by atoms with Gasteiger partial charge in [0.15, 0.2) is 0 Å². The number of sulfonamides is 1. The summed E-state index contributed by atoms with van der Waals surface area (Å²) in [5.74, 6) is 0.175. The number of hydrogen-bond acceptors (Lipinski definition) is 2. The molecule has 3 rings (SSSR count). The van der Waals surface area contributed by atoms with Crippen LogP contribution >= 0.6 is 0 Å². The first-order chi connectivity index (χ1) is 10.2. The van der Waals surface area contributed by atoms with Gasteiger partial charge in [-0.25, -0.2) is 8.42 Å². The molecule has 1 aromatic carbocycles. The summed E-state index contributed by atoms with van der Waals surface area (Å²) in [7, 11) is -3.22. The Kier molecular flexibility index (Phi) is 4.12. The molecular formula is C16H20N2O2S. The normalized spacial score (nSPS) is 19.9. The Morgan fingerprint density at radius 3 is 2.67 bits per heavy atom. The van der Waals surface area contributed by atoms with Crippen molar-refractivity contribution in [2.45, 2.75) is 25.3 Å². The van der Waals surface area contributed by atoms with E-state index in [0.29, 0.717) is 13.0 Å². The molecule has 1 atom stereocenters. The molecule has 1 N–H and O–H groups in total. The number of aromatic amines is 1. The second-order valence-corrected chi connectivity index (χ2v) is 7.49. The van der Waals surface area contributed by atoms with Gasteiger partial charge in [-0.05, 0) is 37.0 Å². The van der Waals surface area contributed by atoms with Crippen LogP contribution in [0.1, 0.15) is 30.1 Å². The van der Waals surface area contributed by atoms with E-state index in [0.717, 1.165) is 24.1 Å². The first-order valence-corrected chi connectivity index (χ1v) is 8.94. The number of H-pyrrole nitrogens is 1. The van der Waals surface area contributed by atoms with Gasteiger partial charge in [-0.2, -0.15) is 4.31 Å². The number of rotatable bonds is 5. The highest BCUT2D eigenvalue weighted by Crippen LogP contribution is 2.33. The van der Waals surface area contributed by atoms with Crippen molar-refractivity contribution in [1.29, 1.82) is 0 Å². The van der Waals surface area contributed by atoms with Crippen LogP contribution in [0.15, 0.2) is 48.7 Å². The zero-order valence-corrected chi connectivity index (χ0v) is 12.7. The summed E-state index contributed by atoms with van der Waals surface area (Å²) in [6.07, 6.45) is 4.23. The van der Waals surface area contributed by atoms with E-state index < -0.39 is 10.0 Å². The van der Waals surface area contributed by atoms with Gasteiger partial charge in [-0.15, -0.1) is 0 Å². The summed E-state index contributed by atoms with van der Waals surface area (Å²) in [6, 6.07) is 13.6. The number of benzene rings is 1. The maximum Gasteiger partial charge on any atom is 0.215 e. The average Bonchev–Trinajstić information content (AvgIpc) is 3.16. The molecule has 1 unspecified atom stereocenters. The molecule has 4 nitrogen and oxygen atoms in total. The third kappa shape index (κ3) is 3.19. The summed E-state index contributed by atoms with van der Waals surface area (Å²) in [6.45, 7) is 0.626. The van der Waals surface area contributed by atoms with E-state index in [1.165, 1.54) is 0 Å². The predicted molar refractivity (Wildman–Crippen MR) is 83.4 cm³/mol. The Hall–Kier alpha value is -1.59. The number of nitrogens with one attached hydrogen (secondary N) is 1. The monoisotopic (exact) mass is 304 g/mol. The number of nitrogens with zero attached hydrogens (tertiary/aromatic N) is 1. The minimum absolute atomic E-state index is 0.0271. The van der Waals surface area contributed by atoms with Gasteiger partial charge in [-0.3, -0.25) is 0 Å². The molecule has 2 heterocycles. The van der Waals surface area contributed by atoms with Gasteiger partial charge in [-0.1, -0.05) is 30.3 Å². The fraction of sp³-hybridized carbons (Fsp3) is 0.375. The zero-order valence-electron chi connectivity index (χ0n) is 11.9. The Morgan fingerprint density at radius 1 is 1.14 bits per heavy atom. The average molecular weight is 304 g/mol. The molecule has 0 amide bonds. The van der Waals surface area contributed by atoms with Crippen molar-refractivity contribution in [2.75, 3.05) is 12.3 Å². The van der Waals surface area contributed by atoms with Crippen LogP contribution < -0.4 is 0 Å². The standard InChI is InChI=1S/C16H20N2O2S/c19-21(20,13-10-14-6-2-1-3-7-14)18-12-5-9-16(18)15-8-4-11-17-15/h1-4,6-8,11,16-17H,5,9-10,12-13H2. The topological polar surface area (TPSA) is 53.2 Å². The molecule has 1 aromatic heterocycles. The Labute approximate surface area is 125 Å². The predicted octanol–water partition coefficient (Wildman–Crippen LogP) is 2.72. The molecule has 0 bridgehead atoms. The van der Waals surface area contributed by atoms with E-state index in [4.69, 9.17) is 0 Å². The van der Waals surface area contributed by atoms with Crippen LogP contribution in [0.4, 0.5) is 0 Å². The van der Waals surface area contributed by atoms with E-state index in [1.54, 1.807) is 4.31 Å². The van der Waals surface area contributed by atoms with E-state index >= 15 is 0 Å². The fourth-order valence-corrected chi connectivity index (χ4v) is 4.69. The second-order valence-electron chi connectivity index (χ2n) is 5.45. The molecule has 0 aliphatic carbocycles. The minimum Gasteiger partial charge on any atom is -0.364 e. The molecule has 1 aliphatic rings.